The van der Waals surface area contributed by atoms with Gasteiger partial charge in [-0.05, 0) is 31.9 Å². The fourth-order valence-corrected chi connectivity index (χ4v) is 5.14. The topological polar surface area (TPSA) is 49.4 Å². The summed E-state index contributed by atoms with van der Waals surface area (Å²) in [5.74, 6) is 2.86. The van der Waals surface area contributed by atoms with Crippen LogP contribution in [0.25, 0.3) is 0 Å². The van der Waals surface area contributed by atoms with Crippen LogP contribution in [0.5, 0.6) is 0 Å². The van der Waals surface area contributed by atoms with Crippen molar-refractivity contribution in [3.8, 4) is 0 Å². The zero-order chi connectivity index (χ0) is 18.8. The van der Waals surface area contributed by atoms with E-state index in [2.05, 4.69) is 43.4 Å². The highest BCUT2D eigenvalue weighted by Gasteiger charge is 2.26. The smallest absolute Gasteiger partial charge is 0.232 e. The van der Waals surface area contributed by atoms with Gasteiger partial charge < -0.3 is 10.2 Å². The Morgan fingerprint density at radius 1 is 1.15 bits per heavy atom. The number of hydrogen-bond donors (Lipinski definition) is 1. The molecule has 0 atom stereocenters. The number of nitrogens with one attached hydrogen (secondary N) is 1. The lowest BCUT2D eigenvalue weighted by Crippen LogP contribution is -2.44. The number of hydrogen-bond acceptors (Lipinski definition) is 5. The monoisotopic (exact) mass is 412 g/mol. The van der Waals surface area contributed by atoms with Crippen LogP contribution in [-0.4, -0.2) is 53.6 Å². The second kappa shape index (κ2) is 11.8. The van der Waals surface area contributed by atoms with Crippen molar-refractivity contribution in [2.45, 2.75) is 31.6 Å². The fraction of sp³-hybridized carbons (Fsp3) is 0.579. The van der Waals surface area contributed by atoms with E-state index in [1.54, 1.807) is 22.6 Å². The first kappa shape index (κ1) is 21.5. The van der Waals surface area contributed by atoms with Crippen LogP contribution in [0.3, 0.4) is 0 Å². The van der Waals surface area contributed by atoms with E-state index in [-0.39, 0.29) is 17.7 Å². The van der Waals surface area contributed by atoms with E-state index >= 15 is 0 Å². The van der Waals surface area contributed by atoms with Crippen molar-refractivity contribution in [3.63, 3.8) is 0 Å². The van der Waals surface area contributed by atoms with E-state index in [1.165, 1.54) is 5.56 Å². The van der Waals surface area contributed by atoms with E-state index < -0.39 is 0 Å². The molecule has 1 saturated heterocycles. The molecule has 2 amide bonds. The van der Waals surface area contributed by atoms with Crippen LogP contribution in [0.15, 0.2) is 29.2 Å². The molecule has 2 rings (SSSR count). The second-order valence-electron chi connectivity index (χ2n) is 6.28. The summed E-state index contributed by atoms with van der Waals surface area (Å²) < 4.78 is 0. The molecule has 144 valence electrons. The molecular weight excluding hydrogens is 384 g/mol. The molecule has 7 heteroatoms. The standard InChI is InChI=1S/C19H28N2O2S3/c1-3-25-26-13-10-20-19(23)16-8-11-21(12-9-16)18(22)14-24-17-6-4-15(2)5-7-17/h4-7,16H,3,8-14H2,1-2H3,(H,20,23). The number of thioether (sulfide) groups is 1. The molecule has 0 spiro atoms. The number of likely N-dealkylation sites (tertiary alicyclic amines) is 1. The van der Waals surface area contributed by atoms with Crippen molar-refractivity contribution >= 4 is 45.2 Å². The molecule has 1 N–H and O–H groups in total. The summed E-state index contributed by atoms with van der Waals surface area (Å²) in [6.07, 6.45) is 1.53. The number of aryl methyl sites for hydroxylation is 1. The average molecular weight is 413 g/mol. The van der Waals surface area contributed by atoms with E-state index in [1.807, 2.05) is 15.7 Å². The maximum absolute atomic E-state index is 12.4. The molecule has 0 aliphatic carbocycles. The van der Waals surface area contributed by atoms with Crippen molar-refractivity contribution in [1.82, 2.24) is 10.2 Å². The highest BCUT2D eigenvalue weighted by Crippen LogP contribution is 2.22. The predicted octanol–water partition coefficient (Wildman–Crippen LogP) is 3.84. The molecule has 1 heterocycles. The summed E-state index contributed by atoms with van der Waals surface area (Å²) in [5, 5.41) is 3.03. The third kappa shape index (κ3) is 7.45. The van der Waals surface area contributed by atoms with Gasteiger partial charge in [-0.3, -0.25) is 9.59 Å². The highest BCUT2D eigenvalue weighted by atomic mass is 33.1. The molecule has 4 nitrogen and oxygen atoms in total. The Bertz CT molecular complexity index is 573. The van der Waals surface area contributed by atoms with Gasteiger partial charge in [0.25, 0.3) is 0 Å². The lowest BCUT2D eigenvalue weighted by atomic mass is 9.96. The van der Waals surface area contributed by atoms with Gasteiger partial charge in [0.15, 0.2) is 0 Å². The summed E-state index contributed by atoms with van der Waals surface area (Å²) in [7, 11) is 3.62. The molecule has 1 aliphatic heterocycles. The summed E-state index contributed by atoms with van der Waals surface area (Å²) in [4.78, 5) is 27.6. The predicted molar refractivity (Wildman–Crippen MR) is 115 cm³/mol. The SMILES string of the molecule is CCSSCCNC(=O)C1CCN(C(=O)CSc2ccc(C)cc2)CC1. The quantitative estimate of drug-likeness (QED) is 0.379. The van der Waals surface area contributed by atoms with Gasteiger partial charge in [-0.15, -0.1) is 11.8 Å². The minimum Gasteiger partial charge on any atom is -0.355 e. The Hall–Kier alpha value is -0.790. The zero-order valence-electron chi connectivity index (χ0n) is 15.5. The molecule has 0 saturated carbocycles. The van der Waals surface area contributed by atoms with Crippen molar-refractivity contribution in [3.05, 3.63) is 29.8 Å². The molecule has 1 fully saturated rings. The summed E-state index contributed by atoms with van der Waals surface area (Å²) >= 11 is 1.58. The first-order valence-corrected chi connectivity index (χ1v) is 12.6. The van der Waals surface area contributed by atoms with Gasteiger partial charge >= 0.3 is 0 Å². The molecular formula is C19H28N2O2S3. The first-order valence-electron chi connectivity index (χ1n) is 9.09. The summed E-state index contributed by atoms with van der Waals surface area (Å²) in [6.45, 7) is 6.29. The van der Waals surface area contributed by atoms with Crippen molar-refractivity contribution in [2.24, 2.45) is 5.92 Å². The van der Waals surface area contributed by atoms with Gasteiger partial charge in [0.2, 0.25) is 11.8 Å². The van der Waals surface area contributed by atoms with Crippen LogP contribution < -0.4 is 5.32 Å². The lowest BCUT2D eigenvalue weighted by molar-refractivity contribution is -0.133. The maximum Gasteiger partial charge on any atom is 0.232 e. The van der Waals surface area contributed by atoms with E-state index in [0.717, 1.165) is 35.8 Å². The first-order chi connectivity index (χ1) is 12.6. The molecule has 1 aromatic carbocycles. The Morgan fingerprint density at radius 3 is 2.50 bits per heavy atom. The molecule has 0 aromatic heterocycles. The third-order valence-electron chi connectivity index (χ3n) is 4.29. The van der Waals surface area contributed by atoms with E-state index in [0.29, 0.717) is 18.8 Å². The molecule has 0 unspecified atom stereocenters. The maximum atomic E-state index is 12.4. The number of rotatable bonds is 9. The number of benzene rings is 1. The van der Waals surface area contributed by atoms with Gasteiger partial charge in [0, 0.05) is 42.0 Å². The largest absolute Gasteiger partial charge is 0.355 e. The Labute approximate surface area is 169 Å². The number of carbonyl (C=O) groups excluding carboxylic acids is 2. The Morgan fingerprint density at radius 2 is 1.85 bits per heavy atom. The van der Waals surface area contributed by atoms with Crippen molar-refractivity contribution in [1.29, 1.82) is 0 Å². The van der Waals surface area contributed by atoms with Gasteiger partial charge in [0.1, 0.15) is 0 Å². The Kier molecular flexibility index (Phi) is 9.78. The van der Waals surface area contributed by atoms with E-state index in [4.69, 9.17) is 0 Å². The number of nitrogens with zero attached hydrogens (tertiary/aromatic N) is 1. The average Bonchev–Trinajstić information content (AvgIpc) is 2.67. The third-order valence-corrected chi connectivity index (χ3v) is 7.76. The van der Waals surface area contributed by atoms with Crippen molar-refractivity contribution in [2.75, 3.05) is 36.9 Å². The minimum atomic E-state index is 0.0487. The summed E-state index contributed by atoms with van der Waals surface area (Å²) in [5.41, 5.74) is 1.23. The van der Waals surface area contributed by atoms with Gasteiger partial charge in [0.05, 0.1) is 5.75 Å². The second-order valence-corrected chi connectivity index (χ2v) is 10.2. The number of amides is 2. The number of carbonyl (C=O) groups is 2. The molecule has 1 aromatic rings. The number of piperidine rings is 1. The zero-order valence-corrected chi connectivity index (χ0v) is 18.0. The van der Waals surface area contributed by atoms with Crippen LogP contribution in [0.1, 0.15) is 25.3 Å². The van der Waals surface area contributed by atoms with E-state index in [9.17, 15) is 9.59 Å². The van der Waals surface area contributed by atoms with Crippen molar-refractivity contribution < 1.29 is 9.59 Å². The van der Waals surface area contributed by atoms with Crippen LogP contribution >= 0.6 is 33.3 Å². The van der Waals surface area contributed by atoms with Crippen LogP contribution in [-0.2, 0) is 9.59 Å². The molecule has 1 aliphatic rings. The minimum absolute atomic E-state index is 0.0487. The lowest BCUT2D eigenvalue weighted by Gasteiger charge is -2.31. The van der Waals surface area contributed by atoms with Crippen LogP contribution in [0.2, 0.25) is 0 Å². The summed E-state index contributed by atoms with van der Waals surface area (Å²) in [6, 6.07) is 8.25. The van der Waals surface area contributed by atoms with Gasteiger partial charge in [-0.1, -0.05) is 46.2 Å². The molecule has 26 heavy (non-hydrogen) atoms. The van der Waals surface area contributed by atoms with Gasteiger partial charge in [-0.25, -0.2) is 0 Å². The van der Waals surface area contributed by atoms with Gasteiger partial charge in [-0.2, -0.15) is 0 Å². The van der Waals surface area contributed by atoms with Crippen LogP contribution in [0, 0.1) is 12.8 Å². The highest BCUT2D eigenvalue weighted by molar-refractivity contribution is 8.76. The molecule has 0 radical (unpaired) electrons. The Balaban J connectivity index is 1.64. The normalized spacial score (nSPS) is 15.1. The fourth-order valence-electron chi connectivity index (χ4n) is 2.76. The molecule has 0 bridgehead atoms. The van der Waals surface area contributed by atoms with Crippen LogP contribution in [0.4, 0.5) is 0 Å².